The van der Waals surface area contributed by atoms with Crippen LogP contribution in [0.5, 0.6) is 5.75 Å². The molecule has 0 aliphatic heterocycles. The average Bonchev–Trinajstić information content (AvgIpc) is 2.86. The van der Waals surface area contributed by atoms with Gasteiger partial charge in [0.2, 0.25) is 0 Å². The maximum absolute atomic E-state index is 13.1. The van der Waals surface area contributed by atoms with Crippen LogP contribution in [0.15, 0.2) is 108 Å². The Hall–Kier alpha value is -2.72. The molecule has 0 aliphatic carbocycles. The smallest absolute Gasteiger partial charge is 0.252 e. The lowest BCUT2D eigenvalue weighted by Crippen LogP contribution is -2.26. The molecule has 0 aromatic heterocycles. The predicted molar refractivity (Wildman–Crippen MR) is 153 cm³/mol. The quantitative estimate of drug-likeness (QED) is 0.128. The van der Waals surface area contributed by atoms with E-state index in [4.69, 9.17) is 4.74 Å². The van der Waals surface area contributed by atoms with E-state index in [-0.39, 0.29) is 5.91 Å². The van der Waals surface area contributed by atoms with Gasteiger partial charge in [0.1, 0.15) is 12.4 Å². The van der Waals surface area contributed by atoms with E-state index in [2.05, 4.69) is 55.7 Å². The average molecular weight is 672 g/mol. The van der Waals surface area contributed by atoms with Crippen LogP contribution in [0, 0.1) is 7.14 Å². The third-order valence-electron chi connectivity index (χ3n) is 5.16. The number of hydrogen-bond donors (Lipinski definition) is 1. The third-order valence-corrected chi connectivity index (χ3v) is 6.77. The Morgan fingerprint density at radius 3 is 1.85 bits per heavy atom. The van der Waals surface area contributed by atoms with Crippen LogP contribution in [0.4, 0.5) is 0 Å². The van der Waals surface area contributed by atoms with Gasteiger partial charge in [-0.25, -0.2) is 5.43 Å². The molecule has 6 heteroatoms. The molecule has 4 aromatic carbocycles. The molecule has 0 radical (unpaired) electrons. The van der Waals surface area contributed by atoms with Crippen molar-refractivity contribution in [3.63, 3.8) is 0 Å². The Morgan fingerprint density at radius 1 is 0.824 bits per heavy atom. The standard InChI is InChI=1S/C28H22I2N2O2/c29-24-16-21(17-25(30)27(24)34-19-20-10-4-1-5-11-20)18-31-32-28(33)26(22-12-6-2-7-13-22)23-14-8-3-9-15-23/h1-18,26H,19H2,(H,32,33)/b31-18+. The molecule has 0 heterocycles. The van der Waals surface area contributed by atoms with E-state index in [9.17, 15) is 4.79 Å². The van der Waals surface area contributed by atoms with Gasteiger partial charge in [-0.15, -0.1) is 0 Å². The topological polar surface area (TPSA) is 50.7 Å². The Bertz CT molecular complexity index is 1200. The zero-order valence-corrected chi connectivity index (χ0v) is 22.5. The summed E-state index contributed by atoms with van der Waals surface area (Å²) in [6.45, 7) is 0.511. The fourth-order valence-electron chi connectivity index (χ4n) is 3.54. The van der Waals surface area contributed by atoms with Crippen LogP contribution in [0.3, 0.4) is 0 Å². The summed E-state index contributed by atoms with van der Waals surface area (Å²) >= 11 is 4.53. The van der Waals surface area contributed by atoms with Gasteiger partial charge in [0, 0.05) is 0 Å². The fourth-order valence-corrected chi connectivity index (χ4v) is 5.67. The molecule has 0 fully saturated rings. The number of amides is 1. The lowest BCUT2D eigenvalue weighted by molar-refractivity contribution is -0.121. The lowest BCUT2D eigenvalue weighted by Gasteiger charge is -2.16. The minimum atomic E-state index is -0.436. The highest BCUT2D eigenvalue weighted by Gasteiger charge is 2.22. The number of benzene rings is 4. The minimum absolute atomic E-state index is 0.180. The molecular weight excluding hydrogens is 650 g/mol. The van der Waals surface area contributed by atoms with Gasteiger partial charge in [0.15, 0.2) is 0 Å². The molecule has 0 aliphatic rings. The highest BCUT2D eigenvalue weighted by molar-refractivity contribution is 14.1. The molecular formula is C28H22I2N2O2. The van der Waals surface area contributed by atoms with Crippen molar-refractivity contribution in [3.8, 4) is 5.75 Å². The van der Waals surface area contributed by atoms with Crippen molar-refractivity contribution in [2.45, 2.75) is 12.5 Å². The fraction of sp³-hybridized carbons (Fsp3) is 0.0714. The van der Waals surface area contributed by atoms with Gasteiger partial charge in [-0.3, -0.25) is 4.79 Å². The van der Waals surface area contributed by atoms with Crippen molar-refractivity contribution < 1.29 is 9.53 Å². The first-order chi connectivity index (χ1) is 16.6. The van der Waals surface area contributed by atoms with Crippen molar-refractivity contribution in [2.24, 2.45) is 5.10 Å². The van der Waals surface area contributed by atoms with Gasteiger partial charge in [-0.05, 0) is 79.6 Å². The number of ether oxygens (including phenoxy) is 1. The summed E-state index contributed by atoms with van der Waals surface area (Å²) in [5, 5.41) is 4.25. The summed E-state index contributed by atoms with van der Waals surface area (Å²) in [6, 6.07) is 33.5. The molecule has 0 saturated carbocycles. The second-order valence-electron chi connectivity index (χ2n) is 7.58. The highest BCUT2D eigenvalue weighted by atomic mass is 127. The normalized spacial score (nSPS) is 11.0. The number of nitrogens with one attached hydrogen (secondary N) is 1. The maximum atomic E-state index is 13.1. The van der Waals surface area contributed by atoms with Crippen molar-refractivity contribution in [1.82, 2.24) is 5.43 Å². The molecule has 1 N–H and O–H groups in total. The zero-order valence-electron chi connectivity index (χ0n) is 18.2. The van der Waals surface area contributed by atoms with Crippen LogP contribution >= 0.6 is 45.2 Å². The van der Waals surface area contributed by atoms with E-state index in [1.807, 2.05) is 103 Å². The van der Waals surface area contributed by atoms with E-state index in [0.717, 1.165) is 35.1 Å². The van der Waals surface area contributed by atoms with Crippen LogP contribution in [0.25, 0.3) is 0 Å². The number of rotatable bonds is 8. The Labute approximate surface area is 226 Å². The van der Waals surface area contributed by atoms with Crippen LogP contribution in [0.2, 0.25) is 0 Å². The highest BCUT2D eigenvalue weighted by Crippen LogP contribution is 2.29. The number of hydrazone groups is 1. The second kappa shape index (κ2) is 12.1. The Kier molecular flexibility index (Phi) is 8.70. The Balaban J connectivity index is 1.46. The first-order valence-electron chi connectivity index (χ1n) is 10.7. The monoisotopic (exact) mass is 672 g/mol. The Morgan fingerprint density at radius 2 is 1.32 bits per heavy atom. The van der Waals surface area contributed by atoms with Gasteiger partial charge in [0.05, 0.1) is 19.3 Å². The molecule has 4 aromatic rings. The van der Waals surface area contributed by atoms with Crippen molar-refractivity contribution in [2.75, 3.05) is 0 Å². The molecule has 170 valence electrons. The first kappa shape index (κ1) is 24.4. The molecule has 4 rings (SSSR count). The van der Waals surface area contributed by atoms with E-state index >= 15 is 0 Å². The molecule has 0 spiro atoms. The van der Waals surface area contributed by atoms with E-state index in [1.54, 1.807) is 6.21 Å². The van der Waals surface area contributed by atoms with Crippen LogP contribution in [-0.4, -0.2) is 12.1 Å². The van der Waals surface area contributed by atoms with Gasteiger partial charge in [-0.2, -0.15) is 5.10 Å². The molecule has 0 saturated heterocycles. The molecule has 4 nitrogen and oxygen atoms in total. The third kappa shape index (κ3) is 6.44. The number of carbonyl (C=O) groups excluding carboxylic acids is 1. The van der Waals surface area contributed by atoms with Crippen LogP contribution in [0.1, 0.15) is 28.2 Å². The van der Waals surface area contributed by atoms with Gasteiger partial charge >= 0.3 is 0 Å². The number of halogens is 2. The summed E-state index contributed by atoms with van der Waals surface area (Å²) in [4.78, 5) is 13.1. The van der Waals surface area contributed by atoms with Crippen LogP contribution in [-0.2, 0) is 11.4 Å². The van der Waals surface area contributed by atoms with Crippen molar-refractivity contribution in [1.29, 1.82) is 0 Å². The van der Waals surface area contributed by atoms with E-state index in [1.165, 1.54) is 0 Å². The first-order valence-corrected chi connectivity index (χ1v) is 12.9. The van der Waals surface area contributed by atoms with Crippen molar-refractivity contribution >= 4 is 57.3 Å². The summed E-state index contributed by atoms with van der Waals surface area (Å²) in [5.74, 6) is 0.230. The van der Waals surface area contributed by atoms with E-state index in [0.29, 0.717) is 6.61 Å². The number of hydrogen-bond acceptors (Lipinski definition) is 3. The largest absolute Gasteiger partial charge is 0.487 e. The van der Waals surface area contributed by atoms with Gasteiger partial charge < -0.3 is 4.74 Å². The van der Waals surface area contributed by atoms with E-state index < -0.39 is 5.92 Å². The summed E-state index contributed by atoms with van der Waals surface area (Å²) in [6.07, 6.45) is 1.66. The SMILES string of the molecule is O=C(N/N=C/c1cc(I)c(OCc2ccccc2)c(I)c1)C(c1ccccc1)c1ccccc1. The maximum Gasteiger partial charge on any atom is 0.252 e. The van der Waals surface area contributed by atoms with Crippen LogP contribution < -0.4 is 10.2 Å². The molecule has 1 amide bonds. The van der Waals surface area contributed by atoms with Crippen molar-refractivity contribution in [3.05, 3.63) is 133 Å². The molecule has 0 atom stereocenters. The summed E-state index contributed by atoms with van der Waals surface area (Å²) < 4.78 is 8.02. The van der Waals surface area contributed by atoms with Gasteiger partial charge in [0.25, 0.3) is 5.91 Å². The second-order valence-corrected chi connectivity index (χ2v) is 9.90. The number of nitrogens with zero attached hydrogens (tertiary/aromatic N) is 1. The van der Waals surface area contributed by atoms with Gasteiger partial charge in [-0.1, -0.05) is 91.0 Å². The summed E-state index contributed by atoms with van der Waals surface area (Å²) in [5.41, 5.74) is 6.57. The molecule has 0 bridgehead atoms. The lowest BCUT2D eigenvalue weighted by atomic mass is 9.91. The zero-order chi connectivity index (χ0) is 23.8. The molecule has 0 unspecified atom stereocenters. The minimum Gasteiger partial charge on any atom is -0.487 e. The number of carbonyl (C=O) groups is 1. The predicted octanol–water partition coefficient (Wildman–Crippen LogP) is 6.76. The summed E-state index contributed by atoms with van der Waals surface area (Å²) in [7, 11) is 0. The molecule has 34 heavy (non-hydrogen) atoms.